The van der Waals surface area contributed by atoms with E-state index in [-0.39, 0.29) is 36.4 Å². The Morgan fingerprint density at radius 3 is 1.17 bits per heavy atom. The molecule has 0 fully saturated rings. The lowest BCUT2D eigenvalue weighted by Gasteiger charge is -2.24. The zero-order chi connectivity index (χ0) is 27.9. The van der Waals surface area contributed by atoms with Crippen LogP contribution in [0.5, 0.6) is 0 Å². The van der Waals surface area contributed by atoms with Crippen molar-refractivity contribution < 1.29 is 57.5 Å². The van der Waals surface area contributed by atoms with E-state index in [0.29, 0.717) is 0 Å². The summed E-state index contributed by atoms with van der Waals surface area (Å²) in [7, 11) is 0. The molecule has 1 amide bonds. The van der Waals surface area contributed by atoms with Crippen molar-refractivity contribution in [3.63, 3.8) is 0 Å². The molecule has 200 valence electrons. The summed E-state index contributed by atoms with van der Waals surface area (Å²) in [6, 6.07) is -2.30. The quantitative estimate of drug-likeness (QED) is 0.271. The average molecular weight is 604 g/mol. The second-order valence-corrected chi connectivity index (χ2v) is 9.23. The molecule has 0 aliphatic rings. The van der Waals surface area contributed by atoms with Gasteiger partial charge in [-0.15, -0.1) is 0 Å². The van der Waals surface area contributed by atoms with Crippen molar-refractivity contribution in [2.24, 2.45) is 0 Å². The summed E-state index contributed by atoms with van der Waals surface area (Å²) in [4.78, 5) is 11.7. The third-order valence-electron chi connectivity index (χ3n) is 4.66. The predicted molar refractivity (Wildman–Crippen MR) is 106 cm³/mol. The maximum atomic E-state index is 13.3. The summed E-state index contributed by atoms with van der Waals surface area (Å²) >= 11 is 2.97. The number of carbonyl (C=O) groups is 1. The van der Waals surface area contributed by atoms with Gasteiger partial charge in [-0.3, -0.25) is 4.79 Å². The van der Waals surface area contributed by atoms with E-state index >= 15 is 0 Å². The van der Waals surface area contributed by atoms with Crippen molar-refractivity contribution in [1.82, 2.24) is 5.32 Å². The monoisotopic (exact) mass is 603 g/mol. The molecule has 0 aliphatic carbocycles. The minimum absolute atomic E-state index is 0.116. The van der Waals surface area contributed by atoms with E-state index in [4.69, 9.17) is 0 Å². The van der Waals surface area contributed by atoms with E-state index in [1.807, 2.05) is 5.32 Å². The number of amides is 1. The normalized spacial score (nSPS) is 14.2. The van der Waals surface area contributed by atoms with E-state index in [0.717, 1.165) is 0 Å². The number of halogens is 13. The summed E-state index contributed by atoms with van der Waals surface area (Å²) in [6.45, 7) is 1.42. The highest BCUT2D eigenvalue weighted by molar-refractivity contribution is 9.09. The fraction of sp³-hybridized carbons (Fsp3) is 0.381. The topological polar surface area (TPSA) is 29.1 Å². The number of nitrogens with one attached hydrogen (secondary N) is 1. The van der Waals surface area contributed by atoms with Gasteiger partial charge in [-0.1, -0.05) is 22.9 Å². The molecule has 2 nitrogen and oxygen atoms in total. The van der Waals surface area contributed by atoms with Crippen LogP contribution < -0.4 is 5.32 Å². The highest BCUT2D eigenvalue weighted by Gasteiger charge is 2.40. The number of carbonyl (C=O) groups excluding carboxylic acids is 1. The molecule has 0 saturated carbocycles. The van der Waals surface area contributed by atoms with E-state index in [9.17, 15) is 57.5 Å². The summed E-state index contributed by atoms with van der Waals surface area (Å²) in [5.41, 5.74) is -9.54. The molecule has 0 spiro atoms. The highest BCUT2D eigenvalue weighted by Crippen LogP contribution is 2.41. The molecule has 0 aliphatic heterocycles. The van der Waals surface area contributed by atoms with Gasteiger partial charge in [-0.05, 0) is 47.5 Å². The fourth-order valence-electron chi connectivity index (χ4n) is 3.13. The predicted octanol–water partition coefficient (Wildman–Crippen LogP) is 8.14. The van der Waals surface area contributed by atoms with Crippen LogP contribution in [0.2, 0.25) is 0 Å². The Balaban J connectivity index is 2.88. The van der Waals surface area contributed by atoms with Gasteiger partial charge in [0.25, 0.3) is 0 Å². The molecule has 1 atom stereocenters. The first-order chi connectivity index (χ1) is 16.1. The van der Waals surface area contributed by atoms with Crippen molar-refractivity contribution in [3.05, 3.63) is 69.8 Å². The first kappa shape index (κ1) is 29.8. The first-order valence-electron chi connectivity index (χ1n) is 9.61. The van der Waals surface area contributed by atoms with Gasteiger partial charge in [0.1, 0.15) is 0 Å². The van der Waals surface area contributed by atoms with Gasteiger partial charge >= 0.3 is 24.7 Å². The summed E-state index contributed by atoms with van der Waals surface area (Å²) in [6.07, 6.45) is -21.9. The smallest absolute Gasteiger partial charge is 0.345 e. The Kier molecular flexibility index (Phi) is 8.38. The SMILES string of the molecule is C[C@@H](Br)CC(=O)NC(c1cc(C(F)(F)F)cc(C(F)(F)F)c1)c1cc(C(F)(F)F)cc(C(F)(F)F)c1. The van der Waals surface area contributed by atoms with Crippen LogP contribution in [0.1, 0.15) is 52.8 Å². The van der Waals surface area contributed by atoms with Crippen LogP contribution in [0.25, 0.3) is 0 Å². The molecular weight excluding hydrogens is 590 g/mol. The molecule has 0 radical (unpaired) electrons. The largest absolute Gasteiger partial charge is 0.416 e. The van der Waals surface area contributed by atoms with Crippen LogP contribution in [0.15, 0.2) is 36.4 Å². The van der Waals surface area contributed by atoms with Gasteiger partial charge in [0.2, 0.25) is 5.91 Å². The van der Waals surface area contributed by atoms with Gasteiger partial charge in [0.05, 0.1) is 28.3 Å². The average Bonchev–Trinajstić information content (AvgIpc) is 2.68. The van der Waals surface area contributed by atoms with Crippen LogP contribution in [-0.2, 0) is 29.5 Å². The molecular formula is C21H14BrF12NO. The van der Waals surface area contributed by atoms with Crippen molar-refractivity contribution in [3.8, 4) is 0 Å². The lowest BCUT2D eigenvalue weighted by atomic mass is 9.92. The minimum Gasteiger partial charge on any atom is -0.345 e. The molecule has 1 N–H and O–H groups in total. The second-order valence-electron chi connectivity index (χ2n) is 7.66. The van der Waals surface area contributed by atoms with Gasteiger partial charge in [-0.2, -0.15) is 52.7 Å². The van der Waals surface area contributed by atoms with Gasteiger partial charge in [-0.25, -0.2) is 0 Å². The summed E-state index contributed by atoms with van der Waals surface area (Å²) in [5, 5.41) is 1.96. The Hall–Kier alpha value is -2.45. The van der Waals surface area contributed by atoms with E-state index in [1.54, 1.807) is 0 Å². The molecule has 2 aromatic rings. The molecule has 15 heteroatoms. The summed E-state index contributed by atoms with van der Waals surface area (Å²) in [5.74, 6) is -1.07. The maximum absolute atomic E-state index is 13.3. The Bertz CT molecular complexity index is 960. The minimum atomic E-state index is -5.36. The summed E-state index contributed by atoms with van der Waals surface area (Å²) < 4.78 is 160. The molecule has 2 rings (SSSR count). The third-order valence-corrected chi connectivity index (χ3v) is 4.98. The molecule has 0 aromatic heterocycles. The highest BCUT2D eigenvalue weighted by atomic mass is 79.9. The van der Waals surface area contributed by atoms with Crippen LogP contribution in [0, 0.1) is 0 Å². The van der Waals surface area contributed by atoms with E-state index in [1.165, 1.54) is 6.92 Å². The van der Waals surface area contributed by atoms with Gasteiger partial charge < -0.3 is 5.32 Å². The van der Waals surface area contributed by atoms with Crippen LogP contribution in [0.3, 0.4) is 0 Å². The molecule has 0 heterocycles. The second kappa shape index (κ2) is 10.1. The third kappa shape index (κ3) is 7.77. The lowest BCUT2D eigenvalue weighted by Crippen LogP contribution is -2.31. The van der Waals surface area contributed by atoms with Gasteiger partial charge in [0.15, 0.2) is 0 Å². The zero-order valence-corrected chi connectivity index (χ0v) is 19.2. The number of hydrogen-bond donors (Lipinski definition) is 1. The van der Waals surface area contributed by atoms with Crippen LogP contribution in [-0.4, -0.2) is 10.7 Å². The van der Waals surface area contributed by atoms with Crippen molar-refractivity contribution in [1.29, 1.82) is 0 Å². The number of alkyl halides is 13. The van der Waals surface area contributed by atoms with E-state index < -0.39 is 81.3 Å². The molecule has 2 aromatic carbocycles. The number of benzene rings is 2. The van der Waals surface area contributed by atoms with Crippen LogP contribution >= 0.6 is 15.9 Å². The zero-order valence-electron chi connectivity index (χ0n) is 17.6. The Labute approximate surface area is 203 Å². The number of rotatable bonds is 5. The Morgan fingerprint density at radius 2 is 0.944 bits per heavy atom. The molecule has 0 bridgehead atoms. The van der Waals surface area contributed by atoms with Crippen molar-refractivity contribution in [2.75, 3.05) is 0 Å². The standard InChI is InChI=1S/C21H14BrF12NO/c1-9(22)2-16(36)35-17(10-3-12(18(23,24)25)7-13(4-10)19(26,27)28)11-5-14(20(29,30)31)8-15(6-11)21(32,33)34/h3-9,17H,2H2,1H3,(H,35,36)/t9-/m1/s1. The Morgan fingerprint density at radius 1 is 0.667 bits per heavy atom. The van der Waals surface area contributed by atoms with E-state index in [2.05, 4.69) is 15.9 Å². The fourth-order valence-corrected chi connectivity index (χ4v) is 3.42. The number of hydrogen-bond acceptors (Lipinski definition) is 1. The van der Waals surface area contributed by atoms with Crippen LogP contribution in [0.4, 0.5) is 52.7 Å². The van der Waals surface area contributed by atoms with Crippen molar-refractivity contribution >= 4 is 21.8 Å². The van der Waals surface area contributed by atoms with Gasteiger partial charge in [0, 0.05) is 11.2 Å². The lowest BCUT2D eigenvalue weighted by molar-refractivity contribution is -0.144. The maximum Gasteiger partial charge on any atom is 0.416 e. The molecule has 36 heavy (non-hydrogen) atoms. The molecule has 0 unspecified atom stereocenters. The van der Waals surface area contributed by atoms with Crippen molar-refractivity contribution in [2.45, 2.75) is 48.9 Å². The first-order valence-corrected chi connectivity index (χ1v) is 10.5. The molecule has 0 saturated heterocycles.